The van der Waals surface area contributed by atoms with Crippen LogP contribution in [0.2, 0.25) is 5.02 Å². The molecular formula is C9H8ClNO2. The Morgan fingerprint density at radius 1 is 1.46 bits per heavy atom. The number of fused-ring (bicyclic) bond motifs is 1. The van der Waals surface area contributed by atoms with Gasteiger partial charge in [0.1, 0.15) is 0 Å². The smallest absolute Gasteiger partial charge is 0.171 e. The van der Waals surface area contributed by atoms with Gasteiger partial charge >= 0.3 is 0 Å². The van der Waals surface area contributed by atoms with Gasteiger partial charge in [0.15, 0.2) is 11.5 Å². The molecular weight excluding hydrogens is 190 g/mol. The van der Waals surface area contributed by atoms with E-state index in [2.05, 4.69) is 0 Å². The van der Waals surface area contributed by atoms with Gasteiger partial charge in [0.2, 0.25) is 0 Å². The molecule has 0 saturated carbocycles. The number of ketones is 1. The summed E-state index contributed by atoms with van der Waals surface area (Å²) in [4.78, 5) is 11.4. The monoisotopic (exact) mass is 197 g/mol. The molecule has 0 aliphatic carbocycles. The number of carbonyl (C=O) groups excluding carboxylic acids is 1. The molecule has 1 aliphatic rings. The van der Waals surface area contributed by atoms with E-state index < -0.39 is 0 Å². The van der Waals surface area contributed by atoms with Gasteiger partial charge in [0.05, 0.1) is 22.9 Å². The summed E-state index contributed by atoms with van der Waals surface area (Å²) in [5.41, 5.74) is 6.53. The van der Waals surface area contributed by atoms with E-state index in [1.807, 2.05) is 0 Å². The van der Waals surface area contributed by atoms with Crippen molar-refractivity contribution in [1.29, 1.82) is 0 Å². The Balaban J connectivity index is 2.67. The van der Waals surface area contributed by atoms with Gasteiger partial charge in [-0.05, 0) is 12.1 Å². The number of benzene rings is 1. The molecule has 0 bridgehead atoms. The van der Waals surface area contributed by atoms with Gasteiger partial charge < -0.3 is 10.5 Å². The van der Waals surface area contributed by atoms with Crippen molar-refractivity contribution in [2.45, 2.75) is 6.42 Å². The lowest BCUT2D eigenvalue weighted by molar-refractivity contribution is 0.0934. The highest BCUT2D eigenvalue weighted by atomic mass is 35.5. The molecule has 68 valence electrons. The van der Waals surface area contributed by atoms with Crippen LogP contribution in [-0.4, -0.2) is 12.4 Å². The molecule has 0 unspecified atom stereocenters. The van der Waals surface area contributed by atoms with Crippen molar-refractivity contribution >= 4 is 23.1 Å². The van der Waals surface area contributed by atoms with Gasteiger partial charge in [-0.1, -0.05) is 11.6 Å². The first kappa shape index (κ1) is 8.38. The second-order valence-corrected chi connectivity index (χ2v) is 3.27. The van der Waals surface area contributed by atoms with Crippen LogP contribution in [0.4, 0.5) is 5.69 Å². The number of rotatable bonds is 0. The second-order valence-electron chi connectivity index (χ2n) is 2.86. The lowest BCUT2D eigenvalue weighted by Crippen LogP contribution is -2.17. The lowest BCUT2D eigenvalue weighted by atomic mass is 10.0. The van der Waals surface area contributed by atoms with Gasteiger partial charge in [-0.15, -0.1) is 0 Å². The first-order valence-corrected chi connectivity index (χ1v) is 4.32. The number of anilines is 1. The number of hydrogen-bond donors (Lipinski definition) is 1. The van der Waals surface area contributed by atoms with E-state index in [0.29, 0.717) is 35.1 Å². The van der Waals surface area contributed by atoms with E-state index in [9.17, 15) is 4.79 Å². The van der Waals surface area contributed by atoms with E-state index in [1.54, 1.807) is 12.1 Å². The summed E-state index contributed by atoms with van der Waals surface area (Å²) < 4.78 is 5.28. The molecule has 1 aromatic rings. The predicted molar refractivity (Wildman–Crippen MR) is 50.3 cm³/mol. The van der Waals surface area contributed by atoms with Crippen molar-refractivity contribution in [3.63, 3.8) is 0 Å². The van der Waals surface area contributed by atoms with Crippen LogP contribution in [0.15, 0.2) is 12.1 Å². The Labute approximate surface area is 80.4 Å². The number of halogens is 1. The third-order valence-electron chi connectivity index (χ3n) is 1.99. The van der Waals surface area contributed by atoms with Crippen LogP contribution in [-0.2, 0) is 0 Å². The molecule has 2 rings (SSSR count). The quantitative estimate of drug-likeness (QED) is 0.647. The van der Waals surface area contributed by atoms with E-state index in [0.717, 1.165) is 0 Å². The molecule has 2 N–H and O–H groups in total. The van der Waals surface area contributed by atoms with Crippen molar-refractivity contribution in [3.05, 3.63) is 22.7 Å². The summed E-state index contributed by atoms with van der Waals surface area (Å²) in [5.74, 6) is 0.433. The van der Waals surface area contributed by atoms with Crippen LogP contribution >= 0.6 is 11.6 Å². The third kappa shape index (κ3) is 1.25. The number of Topliss-reactive ketones (excluding diaryl/α,β-unsaturated/α-hetero) is 1. The van der Waals surface area contributed by atoms with Crippen LogP contribution in [0.3, 0.4) is 0 Å². The molecule has 0 amide bonds. The standard InChI is InChI=1S/C9H8ClNO2/c10-5-1-2-6(11)9-8(5)7(12)3-4-13-9/h1-2H,3-4,11H2. The highest BCUT2D eigenvalue weighted by Gasteiger charge is 2.23. The van der Waals surface area contributed by atoms with Gasteiger partial charge in [-0.2, -0.15) is 0 Å². The maximum Gasteiger partial charge on any atom is 0.171 e. The summed E-state index contributed by atoms with van der Waals surface area (Å²) >= 11 is 5.85. The maximum atomic E-state index is 11.4. The van der Waals surface area contributed by atoms with Gasteiger partial charge in [0.25, 0.3) is 0 Å². The maximum absolute atomic E-state index is 11.4. The van der Waals surface area contributed by atoms with Crippen LogP contribution < -0.4 is 10.5 Å². The van der Waals surface area contributed by atoms with Gasteiger partial charge in [-0.25, -0.2) is 0 Å². The number of nitrogens with two attached hydrogens (primary N) is 1. The average Bonchev–Trinajstić information content (AvgIpc) is 2.12. The largest absolute Gasteiger partial charge is 0.490 e. The summed E-state index contributed by atoms with van der Waals surface area (Å²) in [6, 6.07) is 3.25. The zero-order valence-corrected chi connectivity index (χ0v) is 7.60. The zero-order valence-electron chi connectivity index (χ0n) is 6.84. The Morgan fingerprint density at radius 3 is 2.92 bits per heavy atom. The summed E-state index contributed by atoms with van der Waals surface area (Å²) in [5, 5.41) is 0.411. The Morgan fingerprint density at radius 2 is 2.23 bits per heavy atom. The number of ether oxygens (including phenoxy) is 1. The van der Waals surface area contributed by atoms with Crippen LogP contribution in [0.25, 0.3) is 0 Å². The predicted octanol–water partition coefficient (Wildman–Crippen LogP) is 1.89. The van der Waals surface area contributed by atoms with Crippen LogP contribution in [0, 0.1) is 0 Å². The minimum absolute atomic E-state index is 0.00134. The second kappa shape index (κ2) is 2.92. The fraction of sp³-hybridized carbons (Fsp3) is 0.222. The summed E-state index contributed by atoms with van der Waals surface area (Å²) in [7, 11) is 0. The molecule has 0 radical (unpaired) electrons. The highest BCUT2D eigenvalue weighted by molar-refractivity contribution is 6.34. The first-order valence-electron chi connectivity index (χ1n) is 3.94. The molecule has 0 fully saturated rings. The topological polar surface area (TPSA) is 52.3 Å². The van der Waals surface area contributed by atoms with E-state index in [-0.39, 0.29) is 5.78 Å². The fourth-order valence-electron chi connectivity index (χ4n) is 1.36. The number of carbonyl (C=O) groups is 1. The van der Waals surface area contributed by atoms with E-state index in [1.165, 1.54) is 0 Å². The SMILES string of the molecule is Nc1ccc(Cl)c2c1OCCC2=O. The van der Waals surface area contributed by atoms with E-state index >= 15 is 0 Å². The molecule has 1 aliphatic heterocycles. The van der Waals surface area contributed by atoms with Crippen molar-refractivity contribution in [2.75, 3.05) is 12.3 Å². The minimum Gasteiger partial charge on any atom is -0.490 e. The normalized spacial score (nSPS) is 15.0. The minimum atomic E-state index is -0.00134. The molecule has 0 aromatic heterocycles. The van der Waals surface area contributed by atoms with E-state index in [4.69, 9.17) is 22.1 Å². The molecule has 0 saturated heterocycles. The molecule has 3 nitrogen and oxygen atoms in total. The Bertz CT molecular complexity index is 376. The van der Waals surface area contributed by atoms with Crippen molar-refractivity contribution in [1.82, 2.24) is 0 Å². The molecule has 13 heavy (non-hydrogen) atoms. The average molecular weight is 198 g/mol. The van der Waals surface area contributed by atoms with Crippen LogP contribution in [0.1, 0.15) is 16.8 Å². The molecule has 1 heterocycles. The molecule has 0 atom stereocenters. The summed E-state index contributed by atoms with van der Waals surface area (Å²) in [6.07, 6.45) is 0.371. The fourth-order valence-corrected chi connectivity index (χ4v) is 1.62. The lowest BCUT2D eigenvalue weighted by Gasteiger charge is -2.18. The Hall–Kier alpha value is -1.22. The van der Waals surface area contributed by atoms with Gasteiger partial charge in [0, 0.05) is 6.42 Å². The number of hydrogen-bond acceptors (Lipinski definition) is 3. The molecule has 4 heteroatoms. The zero-order chi connectivity index (χ0) is 9.42. The van der Waals surface area contributed by atoms with Crippen molar-refractivity contribution < 1.29 is 9.53 Å². The highest BCUT2D eigenvalue weighted by Crippen LogP contribution is 2.35. The third-order valence-corrected chi connectivity index (χ3v) is 2.31. The Kier molecular flexibility index (Phi) is 1.88. The van der Waals surface area contributed by atoms with Gasteiger partial charge in [-0.3, -0.25) is 4.79 Å². The molecule has 1 aromatic carbocycles. The number of nitrogen functional groups attached to an aromatic ring is 1. The first-order chi connectivity index (χ1) is 6.20. The summed E-state index contributed by atoms with van der Waals surface area (Å²) in [6.45, 7) is 0.385. The molecule has 0 spiro atoms. The van der Waals surface area contributed by atoms with Crippen molar-refractivity contribution in [3.8, 4) is 5.75 Å². The van der Waals surface area contributed by atoms with Crippen LogP contribution in [0.5, 0.6) is 5.75 Å². The van der Waals surface area contributed by atoms with Crippen molar-refractivity contribution in [2.24, 2.45) is 0 Å².